The first-order valence-corrected chi connectivity index (χ1v) is 10.9. The molecule has 4 rings (SSSR count). The van der Waals surface area contributed by atoms with Crippen molar-refractivity contribution in [3.05, 3.63) is 89.5 Å². The first kappa shape index (κ1) is 22.9. The number of nitrogens with one attached hydrogen (secondary N) is 1. The largest absolute Gasteiger partial charge is 0.416 e. The molecule has 1 saturated heterocycles. The van der Waals surface area contributed by atoms with Gasteiger partial charge in [-0.3, -0.25) is 4.79 Å². The molecule has 4 nitrogen and oxygen atoms in total. The van der Waals surface area contributed by atoms with Crippen molar-refractivity contribution in [3.8, 4) is 11.1 Å². The van der Waals surface area contributed by atoms with Crippen molar-refractivity contribution in [1.29, 1.82) is 0 Å². The highest BCUT2D eigenvalue weighted by atomic mass is 19.4. The Kier molecular flexibility index (Phi) is 6.70. The number of piperazine rings is 1. The van der Waals surface area contributed by atoms with Crippen LogP contribution in [0.1, 0.15) is 21.5 Å². The Hall–Kier alpha value is -3.32. The molecule has 1 aliphatic rings. The van der Waals surface area contributed by atoms with Crippen molar-refractivity contribution in [2.75, 3.05) is 38.1 Å². The van der Waals surface area contributed by atoms with Gasteiger partial charge >= 0.3 is 6.18 Å². The van der Waals surface area contributed by atoms with Crippen molar-refractivity contribution in [3.63, 3.8) is 0 Å². The predicted octanol–water partition coefficient (Wildman–Crippen LogP) is 5.05. The van der Waals surface area contributed by atoms with E-state index in [9.17, 15) is 18.0 Å². The van der Waals surface area contributed by atoms with E-state index in [1.807, 2.05) is 24.3 Å². The molecular weight excluding hydrogens is 427 g/mol. The molecule has 1 heterocycles. The third kappa shape index (κ3) is 5.73. The lowest BCUT2D eigenvalue weighted by Gasteiger charge is -2.34. The molecule has 0 spiro atoms. The molecule has 3 aromatic rings. The molecule has 0 radical (unpaired) electrons. The van der Waals surface area contributed by atoms with Crippen LogP contribution in [0.15, 0.2) is 72.8 Å². The number of hydrogen-bond acceptors (Lipinski definition) is 3. The molecule has 172 valence electrons. The highest BCUT2D eigenvalue weighted by Gasteiger charge is 2.30. The minimum atomic E-state index is -4.41. The number of carbonyl (C=O) groups excluding carboxylic acids is 1. The molecule has 7 heteroatoms. The molecule has 1 aliphatic heterocycles. The molecular formula is C26H26F3N3O. The zero-order valence-electron chi connectivity index (χ0n) is 18.4. The smallest absolute Gasteiger partial charge is 0.369 e. The molecule has 0 aliphatic carbocycles. The van der Waals surface area contributed by atoms with E-state index in [0.29, 0.717) is 11.1 Å². The number of nitrogens with zero attached hydrogens (tertiary/aromatic N) is 2. The number of amides is 1. The van der Waals surface area contributed by atoms with Crippen molar-refractivity contribution < 1.29 is 18.0 Å². The van der Waals surface area contributed by atoms with Crippen LogP contribution in [0.3, 0.4) is 0 Å². The Labute approximate surface area is 191 Å². The van der Waals surface area contributed by atoms with Crippen LogP contribution in [0.25, 0.3) is 11.1 Å². The lowest BCUT2D eigenvalue weighted by atomic mass is 10.0. The normalized spacial score (nSPS) is 14.8. The van der Waals surface area contributed by atoms with E-state index in [1.165, 1.54) is 11.8 Å². The summed E-state index contributed by atoms with van der Waals surface area (Å²) in [7, 11) is 2.13. The summed E-state index contributed by atoms with van der Waals surface area (Å²) in [5, 5.41) is 2.71. The fraction of sp³-hybridized carbons (Fsp3) is 0.269. The van der Waals surface area contributed by atoms with E-state index in [-0.39, 0.29) is 12.5 Å². The summed E-state index contributed by atoms with van der Waals surface area (Å²) >= 11 is 0. The average molecular weight is 454 g/mol. The van der Waals surface area contributed by atoms with Gasteiger partial charge in [0, 0.05) is 44.0 Å². The molecule has 1 amide bonds. The van der Waals surface area contributed by atoms with Crippen molar-refractivity contribution in [2.24, 2.45) is 0 Å². The fourth-order valence-corrected chi connectivity index (χ4v) is 3.91. The minimum absolute atomic E-state index is 0.0205. The Balaban J connectivity index is 1.42. The molecule has 0 aromatic heterocycles. The summed E-state index contributed by atoms with van der Waals surface area (Å²) in [6.07, 6.45) is -4.41. The van der Waals surface area contributed by atoms with Gasteiger partial charge in [-0.15, -0.1) is 0 Å². The van der Waals surface area contributed by atoms with Crippen LogP contribution < -0.4 is 10.2 Å². The lowest BCUT2D eigenvalue weighted by molar-refractivity contribution is -0.137. The molecule has 33 heavy (non-hydrogen) atoms. The Bertz CT molecular complexity index is 1100. The number of halogens is 3. The van der Waals surface area contributed by atoms with E-state index in [1.54, 1.807) is 18.2 Å². The number of anilines is 1. The number of benzene rings is 3. The second kappa shape index (κ2) is 9.67. The first-order chi connectivity index (χ1) is 15.8. The summed E-state index contributed by atoms with van der Waals surface area (Å²) in [6, 6.07) is 20.5. The quantitative estimate of drug-likeness (QED) is 0.587. The van der Waals surface area contributed by atoms with Crippen LogP contribution in [0.5, 0.6) is 0 Å². The molecule has 0 saturated carbocycles. The van der Waals surface area contributed by atoms with E-state index in [2.05, 4.69) is 34.3 Å². The average Bonchev–Trinajstić information content (AvgIpc) is 2.83. The second-order valence-corrected chi connectivity index (χ2v) is 8.30. The van der Waals surface area contributed by atoms with Crippen molar-refractivity contribution in [1.82, 2.24) is 10.2 Å². The molecule has 0 bridgehead atoms. The number of likely N-dealkylation sites (N-methyl/N-ethyl adjacent to an activating group) is 1. The van der Waals surface area contributed by atoms with Crippen LogP contribution in [-0.4, -0.2) is 44.0 Å². The van der Waals surface area contributed by atoms with E-state index < -0.39 is 11.7 Å². The molecule has 1 N–H and O–H groups in total. The molecule has 1 fully saturated rings. The minimum Gasteiger partial charge on any atom is -0.369 e. The van der Waals surface area contributed by atoms with Gasteiger partial charge in [0.25, 0.3) is 5.91 Å². The molecule has 0 atom stereocenters. The van der Waals surface area contributed by atoms with Gasteiger partial charge in [-0.1, -0.05) is 36.4 Å². The third-order valence-corrected chi connectivity index (χ3v) is 5.90. The third-order valence-electron chi connectivity index (χ3n) is 5.90. The van der Waals surface area contributed by atoms with Crippen LogP contribution in [-0.2, 0) is 12.7 Å². The van der Waals surface area contributed by atoms with E-state index in [4.69, 9.17) is 0 Å². The Morgan fingerprint density at radius 2 is 1.58 bits per heavy atom. The molecule has 3 aromatic carbocycles. The van der Waals surface area contributed by atoms with Gasteiger partial charge in [-0.25, -0.2) is 0 Å². The van der Waals surface area contributed by atoms with Gasteiger partial charge in [0.2, 0.25) is 0 Å². The monoisotopic (exact) mass is 453 g/mol. The summed E-state index contributed by atoms with van der Waals surface area (Å²) in [6.45, 7) is 4.10. The lowest BCUT2D eigenvalue weighted by Crippen LogP contribution is -2.44. The number of rotatable bonds is 5. The van der Waals surface area contributed by atoms with Gasteiger partial charge in [0.1, 0.15) is 0 Å². The first-order valence-electron chi connectivity index (χ1n) is 10.9. The summed E-state index contributed by atoms with van der Waals surface area (Å²) in [4.78, 5) is 17.3. The standard InChI is InChI=1S/C26H26F3N3O/c1-31-12-14-32(15-13-31)24-10-8-20(9-11-24)21-5-3-6-22(17-21)25(33)30-18-19-4-2-7-23(16-19)26(27,28)29/h2-11,16-17H,12-15,18H2,1H3,(H,30,33). The van der Waals surface area contributed by atoms with Crippen molar-refractivity contribution in [2.45, 2.75) is 12.7 Å². The van der Waals surface area contributed by atoms with E-state index >= 15 is 0 Å². The zero-order chi connectivity index (χ0) is 23.4. The highest BCUT2D eigenvalue weighted by molar-refractivity contribution is 5.95. The Morgan fingerprint density at radius 3 is 2.27 bits per heavy atom. The molecule has 0 unspecified atom stereocenters. The van der Waals surface area contributed by atoms with Crippen LogP contribution in [0.2, 0.25) is 0 Å². The van der Waals surface area contributed by atoms with Crippen LogP contribution in [0.4, 0.5) is 18.9 Å². The maximum Gasteiger partial charge on any atom is 0.416 e. The van der Waals surface area contributed by atoms with Crippen molar-refractivity contribution >= 4 is 11.6 Å². The number of hydrogen-bond donors (Lipinski definition) is 1. The van der Waals surface area contributed by atoms with Crippen LogP contribution in [0, 0.1) is 0 Å². The van der Waals surface area contributed by atoms with Gasteiger partial charge in [0.15, 0.2) is 0 Å². The maximum absolute atomic E-state index is 12.9. The summed E-state index contributed by atoms with van der Waals surface area (Å²) in [5.41, 5.74) is 3.22. The van der Waals surface area contributed by atoms with Gasteiger partial charge in [-0.2, -0.15) is 13.2 Å². The number of carbonyl (C=O) groups is 1. The zero-order valence-corrected chi connectivity index (χ0v) is 18.4. The van der Waals surface area contributed by atoms with E-state index in [0.717, 1.165) is 49.4 Å². The van der Waals surface area contributed by atoms with Gasteiger partial charge < -0.3 is 15.1 Å². The SMILES string of the molecule is CN1CCN(c2ccc(-c3cccc(C(=O)NCc4cccc(C(F)(F)F)c4)c3)cc2)CC1. The fourth-order valence-electron chi connectivity index (χ4n) is 3.91. The summed E-state index contributed by atoms with van der Waals surface area (Å²) < 4.78 is 38.7. The van der Waals surface area contributed by atoms with Crippen LogP contribution >= 0.6 is 0 Å². The number of alkyl halides is 3. The highest BCUT2D eigenvalue weighted by Crippen LogP contribution is 2.29. The maximum atomic E-state index is 12.9. The topological polar surface area (TPSA) is 35.6 Å². The van der Waals surface area contributed by atoms with Gasteiger partial charge in [0.05, 0.1) is 5.56 Å². The second-order valence-electron chi connectivity index (χ2n) is 8.30. The van der Waals surface area contributed by atoms with Gasteiger partial charge in [-0.05, 0) is 60.1 Å². The predicted molar refractivity (Wildman–Crippen MR) is 124 cm³/mol. The Morgan fingerprint density at radius 1 is 0.879 bits per heavy atom. The summed E-state index contributed by atoms with van der Waals surface area (Å²) in [5.74, 6) is -0.330.